The van der Waals surface area contributed by atoms with E-state index >= 15 is 0 Å². The molecule has 0 saturated carbocycles. The summed E-state index contributed by atoms with van der Waals surface area (Å²) in [5.74, 6) is -1.62. The maximum atomic E-state index is 12.4. The molecule has 0 aliphatic carbocycles. The highest BCUT2D eigenvalue weighted by atomic mass is 32.2. The van der Waals surface area contributed by atoms with Crippen LogP contribution in [-0.2, 0) is 19.6 Å². The van der Waals surface area contributed by atoms with Crippen molar-refractivity contribution in [3.63, 3.8) is 0 Å². The van der Waals surface area contributed by atoms with Gasteiger partial charge in [0.25, 0.3) is 0 Å². The summed E-state index contributed by atoms with van der Waals surface area (Å²) in [4.78, 5) is 23.0. The second-order valence-corrected chi connectivity index (χ2v) is 6.84. The van der Waals surface area contributed by atoms with Gasteiger partial charge in [-0.2, -0.15) is 4.31 Å². The number of anilines is 1. The molecule has 1 fully saturated rings. The van der Waals surface area contributed by atoms with Gasteiger partial charge in [0.2, 0.25) is 10.0 Å². The van der Waals surface area contributed by atoms with Crippen molar-refractivity contribution in [3.8, 4) is 0 Å². The minimum Gasteiger partial charge on any atom is -0.481 e. The summed E-state index contributed by atoms with van der Waals surface area (Å²) in [6, 6.07) is 6.24. The molecule has 0 radical (unpaired) electrons. The molecular formula is C13H16N2O5S. The van der Waals surface area contributed by atoms with E-state index in [0.717, 1.165) is 10.6 Å². The van der Waals surface area contributed by atoms with Crippen LogP contribution in [-0.4, -0.2) is 56.8 Å². The van der Waals surface area contributed by atoms with Crippen LogP contribution in [0.25, 0.3) is 0 Å². The van der Waals surface area contributed by atoms with Crippen LogP contribution in [0.4, 0.5) is 5.69 Å². The van der Waals surface area contributed by atoms with Gasteiger partial charge in [-0.25, -0.2) is 8.42 Å². The molecule has 1 N–H and O–H groups in total. The molecule has 1 heterocycles. The molecule has 0 spiro atoms. The van der Waals surface area contributed by atoms with Gasteiger partial charge in [-0.15, -0.1) is 0 Å². The summed E-state index contributed by atoms with van der Waals surface area (Å²) in [5.41, 5.74) is 0.610. The third-order valence-electron chi connectivity index (χ3n) is 3.44. The van der Waals surface area contributed by atoms with E-state index < -0.39 is 21.9 Å². The second-order valence-electron chi connectivity index (χ2n) is 4.90. The fourth-order valence-electron chi connectivity index (χ4n) is 2.04. The Kier molecular flexibility index (Phi) is 4.29. The number of carboxylic acid groups (broad SMARTS) is 1. The van der Waals surface area contributed by atoms with Crippen molar-refractivity contribution in [3.05, 3.63) is 24.3 Å². The highest BCUT2D eigenvalue weighted by Crippen LogP contribution is 2.27. The first-order valence-corrected chi connectivity index (χ1v) is 7.78. The Morgan fingerprint density at radius 3 is 2.71 bits per heavy atom. The largest absolute Gasteiger partial charge is 0.481 e. The fourth-order valence-corrected chi connectivity index (χ4v) is 3.61. The first-order chi connectivity index (χ1) is 9.86. The highest BCUT2D eigenvalue weighted by molar-refractivity contribution is 7.89. The monoisotopic (exact) mass is 312 g/mol. The summed E-state index contributed by atoms with van der Waals surface area (Å²) in [5, 5.41) is 8.80. The molecule has 8 heteroatoms. The molecule has 2 rings (SSSR count). The molecule has 0 unspecified atom stereocenters. The number of nitrogens with zero attached hydrogens (tertiary/aromatic N) is 2. The normalized spacial score (nSPS) is 16.2. The number of sulfonamides is 1. The van der Waals surface area contributed by atoms with Gasteiger partial charge in [0, 0.05) is 25.8 Å². The van der Waals surface area contributed by atoms with Crippen LogP contribution >= 0.6 is 0 Å². The van der Waals surface area contributed by atoms with Gasteiger partial charge < -0.3 is 14.8 Å². The van der Waals surface area contributed by atoms with Crippen molar-refractivity contribution in [2.75, 3.05) is 31.6 Å². The van der Waals surface area contributed by atoms with Gasteiger partial charge in [-0.05, 0) is 18.2 Å². The number of likely N-dealkylation sites (N-methyl/N-ethyl adjacent to an activating group) is 1. The first-order valence-electron chi connectivity index (χ1n) is 6.34. The lowest BCUT2D eigenvalue weighted by Crippen LogP contribution is -2.52. The van der Waals surface area contributed by atoms with E-state index in [2.05, 4.69) is 0 Å². The van der Waals surface area contributed by atoms with E-state index in [1.807, 2.05) is 0 Å². The predicted molar refractivity (Wildman–Crippen MR) is 75.7 cm³/mol. The lowest BCUT2D eigenvalue weighted by atomic mass is 10.0. The SMILES string of the molecule is CN(CC=O)c1cccc(S(=O)(=O)N2CC(C(=O)O)C2)c1. The van der Waals surface area contributed by atoms with Gasteiger partial charge in [-0.3, -0.25) is 4.79 Å². The van der Waals surface area contributed by atoms with E-state index in [4.69, 9.17) is 5.11 Å². The molecular weight excluding hydrogens is 296 g/mol. The number of carboxylic acids is 1. The van der Waals surface area contributed by atoms with E-state index in [0.29, 0.717) is 5.69 Å². The molecule has 0 atom stereocenters. The number of benzene rings is 1. The lowest BCUT2D eigenvalue weighted by molar-refractivity contribution is -0.145. The van der Waals surface area contributed by atoms with Gasteiger partial charge in [0.05, 0.1) is 17.4 Å². The Labute approximate surface area is 122 Å². The summed E-state index contributed by atoms with van der Waals surface area (Å²) in [7, 11) is -2.00. The van der Waals surface area contributed by atoms with Crippen LogP contribution in [0, 0.1) is 5.92 Å². The van der Waals surface area contributed by atoms with Crippen LogP contribution in [0.1, 0.15) is 0 Å². The van der Waals surface area contributed by atoms with Crippen molar-refractivity contribution < 1.29 is 23.1 Å². The zero-order valence-electron chi connectivity index (χ0n) is 11.5. The van der Waals surface area contributed by atoms with Gasteiger partial charge in [0.1, 0.15) is 6.29 Å². The smallest absolute Gasteiger partial charge is 0.309 e. The Balaban J connectivity index is 2.20. The van der Waals surface area contributed by atoms with Crippen LogP contribution in [0.2, 0.25) is 0 Å². The zero-order chi connectivity index (χ0) is 15.6. The molecule has 114 valence electrons. The van der Waals surface area contributed by atoms with Crippen molar-refractivity contribution in [2.45, 2.75) is 4.90 Å². The predicted octanol–water partition coefficient (Wildman–Crippen LogP) is 0.0268. The number of hydrogen-bond donors (Lipinski definition) is 1. The fraction of sp³-hybridized carbons (Fsp3) is 0.385. The topological polar surface area (TPSA) is 95.0 Å². The lowest BCUT2D eigenvalue weighted by Gasteiger charge is -2.35. The maximum absolute atomic E-state index is 12.4. The van der Waals surface area contributed by atoms with E-state index in [1.165, 1.54) is 12.1 Å². The van der Waals surface area contributed by atoms with E-state index in [1.54, 1.807) is 24.1 Å². The van der Waals surface area contributed by atoms with Gasteiger partial charge in [-0.1, -0.05) is 6.07 Å². The first kappa shape index (κ1) is 15.5. The standard InChI is InChI=1S/C13H16N2O5S/c1-14(5-6-16)11-3-2-4-12(7-11)21(19,20)15-8-10(9-15)13(17)18/h2-4,6-7,10H,5,8-9H2,1H3,(H,17,18). The molecule has 1 aromatic carbocycles. The average molecular weight is 312 g/mol. The van der Waals surface area contributed by atoms with Crippen LogP contribution < -0.4 is 4.90 Å². The van der Waals surface area contributed by atoms with Crippen LogP contribution in [0.5, 0.6) is 0 Å². The Morgan fingerprint density at radius 2 is 2.14 bits per heavy atom. The number of hydrogen-bond acceptors (Lipinski definition) is 5. The zero-order valence-corrected chi connectivity index (χ0v) is 12.3. The molecule has 1 aliphatic rings. The second kappa shape index (κ2) is 5.82. The maximum Gasteiger partial charge on any atom is 0.309 e. The molecule has 0 amide bonds. The van der Waals surface area contributed by atoms with Gasteiger partial charge in [0.15, 0.2) is 0 Å². The third kappa shape index (κ3) is 3.06. The highest BCUT2D eigenvalue weighted by Gasteiger charge is 2.40. The number of carbonyl (C=O) groups excluding carboxylic acids is 1. The quantitative estimate of drug-likeness (QED) is 0.745. The molecule has 7 nitrogen and oxygen atoms in total. The van der Waals surface area contributed by atoms with E-state index in [9.17, 15) is 18.0 Å². The Bertz CT molecular complexity index is 652. The number of rotatable bonds is 6. The number of aldehydes is 1. The summed E-state index contributed by atoms with van der Waals surface area (Å²) in [6.07, 6.45) is 0.730. The van der Waals surface area contributed by atoms with Gasteiger partial charge >= 0.3 is 5.97 Å². The average Bonchev–Trinajstić information content (AvgIpc) is 2.36. The molecule has 21 heavy (non-hydrogen) atoms. The van der Waals surface area contributed by atoms with Crippen molar-refractivity contribution in [1.29, 1.82) is 0 Å². The number of aliphatic carboxylic acids is 1. The number of carbonyl (C=O) groups is 2. The van der Waals surface area contributed by atoms with Crippen LogP contribution in [0.3, 0.4) is 0 Å². The Hall–Kier alpha value is -1.93. The van der Waals surface area contributed by atoms with E-state index in [-0.39, 0.29) is 24.5 Å². The van der Waals surface area contributed by atoms with Crippen molar-refractivity contribution in [2.24, 2.45) is 5.92 Å². The van der Waals surface area contributed by atoms with Crippen LogP contribution in [0.15, 0.2) is 29.2 Å². The molecule has 0 bridgehead atoms. The summed E-state index contributed by atoms with van der Waals surface area (Å²) >= 11 is 0. The summed E-state index contributed by atoms with van der Waals surface area (Å²) in [6.45, 7) is 0.145. The Morgan fingerprint density at radius 1 is 1.48 bits per heavy atom. The van der Waals surface area contributed by atoms with Crippen molar-refractivity contribution >= 4 is 28.0 Å². The molecule has 1 aliphatic heterocycles. The van der Waals surface area contributed by atoms with Crippen molar-refractivity contribution in [1.82, 2.24) is 4.31 Å². The summed E-state index contributed by atoms with van der Waals surface area (Å²) < 4.78 is 25.9. The minimum atomic E-state index is -3.68. The minimum absolute atomic E-state index is 0.00787. The molecule has 0 aromatic heterocycles. The third-order valence-corrected chi connectivity index (χ3v) is 5.27. The molecule has 1 aromatic rings. The molecule has 1 saturated heterocycles.